The van der Waals surface area contributed by atoms with Gasteiger partial charge in [0.1, 0.15) is 6.10 Å². The van der Waals surface area contributed by atoms with E-state index in [9.17, 15) is 9.46 Å². The lowest BCUT2D eigenvalue weighted by atomic mass is 10.0. The molecule has 0 aliphatic carbocycles. The Bertz CT molecular complexity index is 608. The second-order valence-corrected chi connectivity index (χ2v) is 14.1. The molecule has 0 amide bonds. The molecule has 0 N–H and O–H groups in total. The van der Waals surface area contributed by atoms with E-state index < -0.39 is 13.4 Å². The van der Waals surface area contributed by atoms with E-state index in [4.69, 9.17) is 14.0 Å². The predicted octanol–water partition coefficient (Wildman–Crippen LogP) is 8.63. The van der Waals surface area contributed by atoms with E-state index in [0.29, 0.717) is 24.1 Å². The molecule has 0 aromatic rings. The van der Waals surface area contributed by atoms with Gasteiger partial charge in [-0.2, -0.15) is 0 Å². The fourth-order valence-corrected chi connectivity index (χ4v) is 6.85. The van der Waals surface area contributed by atoms with E-state index in [-0.39, 0.29) is 12.7 Å². The summed E-state index contributed by atoms with van der Waals surface area (Å²) in [6.45, 7) is 5.28. The van der Waals surface area contributed by atoms with Crippen LogP contribution in [0.15, 0.2) is 12.2 Å². The van der Waals surface area contributed by atoms with Gasteiger partial charge in [0.15, 0.2) is 13.4 Å². The van der Waals surface area contributed by atoms with E-state index in [0.717, 1.165) is 25.7 Å². The van der Waals surface area contributed by atoms with Gasteiger partial charge < -0.3 is 27.9 Å². The Morgan fingerprint density at radius 3 is 1.67 bits per heavy atom. The van der Waals surface area contributed by atoms with E-state index in [2.05, 4.69) is 19.1 Å². The highest BCUT2D eigenvalue weighted by Crippen LogP contribution is 2.48. The molecular weight excluding hydrogens is 509 g/mol. The summed E-state index contributed by atoms with van der Waals surface area (Å²) in [4.78, 5) is 12.7. The molecule has 0 aromatic carbocycles. The molecule has 0 rings (SSSR count). The van der Waals surface area contributed by atoms with E-state index in [1.165, 1.54) is 89.9 Å². The maximum atomic E-state index is 12.7. The number of rotatable bonds is 29. The molecule has 2 unspecified atom stereocenters. The lowest BCUT2D eigenvalue weighted by molar-refractivity contribution is -0.884. The molecule has 0 aromatic heterocycles. The molecular formula is C32H66NO5P. The third-order valence-electron chi connectivity index (χ3n) is 7.43. The number of hydrogen-bond acceptors (Lipinski definition) is 5. The van der Waals surface area contributed by atoms with Gasteiger partial charge in [-0.05, 0) is 38.5 Å². The van der Waals surface area contributed by atoms with Gasteiger partial charge in [-0.3, -0.25) is 0 Å². The highest BCUT2D eigenvalue weighted by molar-refractivity contribution is 7.51. The first-order valence-corrected chi connectivity index (χ1v) is 17.8. The lowest BCUT2D eigenvalue weighted by Gasteiger charge is -2.41. The van der Waals surface area contributed by atoms with Crippen LogP contribution in [0.3, 0.4) is 0 Å². The minimum Gasteiger partial charge on any atom is -0.774 e. The van der Waals surface area contributed by atoms with Crippen LogP contribution in [0.4, 0.5) is 0 Å². The van der Waals surface area contributed by atoms with Crippen molar-refractivity contribution in [2.45, 2.75) is 148 Å². The van der Waals surface area contributed by atoms with E-state index in [1.54, 1.807) is 7.11 Å². The molecule has 0 bridgehead atoms. The SMILES string of the molecule is CCCCCCCCCCCCCC/C=C\CCCCCOC[C@H](COP(=O)([O-])C(CCC)[N+](C)(C)C)OC. The first-order valence-electron chi connectivity index (χ1n) is 16.2. The molecule has 0 aliphatic heterocycles. The molecule has 6 nitrogen and oxygen atoms in total. The summed E-state index contributed by atoms with van der Waals surface area (Å²) in [6, 6.07) is 0. The van der Waals surface area contributed by atoms with Gasteiger partial charge in [-0.25, -0.2) is 0 Å². The summed E-state index contributed by atoms with van der Waals surface area (Å²) in [5.74, 6) is -0.556. The number of quaternary nitrogens is 1. The van der Waals surface area contributed by atoms with Crippen molar-refractivity contribution >= 4 is 7.60 Å². The number of unbranched alkanes of at least 4 members (excludes halogenated alkanes) is 15. The lowest BCUT2D eigenvalue weighted by Crippen LogP contribution is -2.47. The molecule has 0 fully saturated rings. The number of methoxy groups -OCH3 is 1. The molecule has 0 aliphatic rings. The zero-order valence-corrected chi connectivity index (χ0v) is 27.7. The summed E-state index contributed by atoms with van der Waals surface area (Å²) in [7, 11) is 3.23. The van der Waals surface area contributed by atoms with Gasteiger partial charge in [-0.1, -0.05) is 103 Å². The predicted molar refractivity (Wildman–Crippen MR) is 165 cm³/mol. The smallest absolute Gasteiger partial charge is 0.193 e. The van der Waals surface area contributed by atoms with Crippen LogP contribution < -0.4 is 4.89 Å². The molecule has 0 saturated carbocycles. The number of ether oxygens (including phenoxy) is 2. The summed E-state index contributed by atoms with van der Waals surface area (Å²) >= 11 is 0. The molecule has 0 heterocycles. The summed E-state index contributed by atoms with van der Waals surface area (Å²) in [5.41, 5.74) is 0. The fraction of sp³-hybridized carbons (Fsp3) is 0.938. The summed E-state index contributed by atoms with van der Waals surface area (Å²) in [6.07, 6.45) is 28.2. The van der Waals surface area contributed by atoms with Gasteiger partial charge >= 0.3 is 0 Å². The summed E-state index contributed by atoms with van der Waals surface area (Å²) in [5, 5.41) is 0. The minimum atomic E-state index is -4.01. The van der Waals surface area contributed by atoms with Gasteiger partial charge in [0, 0.05) is 20.1 Å². The van der Waals surface area contributed by atoms with Gasteiger partial charge in [0.2, 0.25) is 0 Å². The average Bonchev–Trinajstić information content (AvgIpc) is 2.89. The van der Waals surface area contributed by atoms with Crippen molar-refractivity contribution in [2.24, 2.45) is 0 Å². The second kappa shape index (κ2) is 25.5. The van der Waals surface area contributed by atoms with Crippen LogP contribution in [0.25, 0.3) is 0 Å². The molecule has 0 saturated heterocycles. The highest BCUT2D eigenvalue weighted by Gasteiger charge is 2.35. The Morgan fingerprint density at radius 2 is 1.21 bits per heavy atom. The van der Waals surface area contributed by atoms with Gasteiger partial charge in [0.05, 0.1) is 34.4 Å². The van der Waals surface area contributed by atoms with Crippen molar-refractivity contribution in [2.75, 3.05) is 48.1 Å². The monoisotopic (exact) mass is 575 g/mol. The first-order chi connectivity index (χ1) is 18.7. The van der Waals surface area contributed by atoms with Crippen molar-refractivity contribution in [3.8, 4) is 0 Å². The van der Waals surface area contributed by atoms with E-state index >= 15 is 0 Å². The zero-order valence-electron chi connectivity index (χ0n) is 26.8. The third-order valence-corrected chi connectivity index (χ3v) is 9.62. The van der Waals surface area contributed by atoms with Crippen molar-refractivity contribution in [3.63, 3.8) is 0 Å². The van der Waals surface area contributed by atoms with Gasteiger partial charge in [0.25, 0.3) is 0 Å². The zero-order chi connectivity index (χ0) is 29.2. The van der Waals surface area contributed by atoms with Crippen molar-refractivity contribution in [3.05, 3.63) is 12.2 Å². The Balaban J connectivity index is 3.68. The Hall–Kier alpha value is -0.230. The van der Waals surface area contributed by atoms with Crippen molar-refractivity contribution in [1.82, 2.24) is 0 Å². The Morgan fingerprint density at radius 1 is 0.718 bits per heavy atom. The fourth-order valence-electron chi connectivity index (χ4n) is 4.88. The summed E-state index contributed by atoms with van der Waals surface area (Å²) < 4.78 is 29.6. The number of hydrogen-bond donors (Lipinski definition) is 0. The average molecular weight is 576 g/mol. The van der Waals surface area contributed by atoms with Crippen molar-refractivity contribution < 1.29 is 27.9 Å². The molecule has 0 spiro atoms. The van der Waals surface area contributed by atoms with Gasteiger partial charge in [-0.15, -0.1) is 0 Å². The minimum absolute atomic E-state index is 0.00147. The van der Waals surface area contributed by atoms with Crippen LogP contribution in [0.5, 0.6) is 0 Å². The van der Waals surface area contributed by atoms with Crippen LogP contribution in [0, 0.1) is 0 Å². The Labute approximate surface area is 243 Å². The maximum absolute atomic E-state index is 12.7. The molecule has 0 radical (unpaired) electrons. The molecule has 7 heteroatoms. The number of nitrogens with zero attached hydrogens (tertiary/aromatic N) is 1. The molecule has 234 valence electrons. The van der Waals surface area contributed by atoms with Crippen LogP contribution in [-0.2, 0) is 18.6 Å². The van der Waals surface area contributed by atoms with Crippen LogP contribution in [0.1, 0.15) is 136 Å². The molecule has 39 heavy (non-hydrogen) atoms. The van der Waals surface area contributed by atoms with Crippen molar-refractivity contribution in [1.29, 1.82) is 0 Å². The standard InChI is InChI=1S/C32H66NO5P/c1-7-9-10-11-12-13-14-15-16-17-18-19-20-21-22-23-24-25-26-28-37-29-31(36-6)30-38-39(34,35)32(27-8-2)33(3,4)5/h21-22,31-32H,7-20,23-30H2,1-6H3/b22-21-/t31-,32?/m1/s1. The Kier molecular flexibility index (Phi) is 25.3. The van der Waals surface area contributed by atoms with Crippen LogP contribution in [-0.4, -0.2) is 64.4 Å². The topological polar surface area (TPSA) is 67.8 Å². The third kappa shape index (κ3) is 23.1. The maximum Gasteiger partial charge on any atom is 0.193 e. The first kappa shape index (κ1) is 38.8. The van der Waals surface area contributed by atoms with E-state index in [1.807, 2.05) is 28.1 Å². The van der Waals surface area contributed by atoms with Crippen LogP contribution >= 0.6 is 7.60 Å². The highest BCUT2D eigenvalue weighted by atomic mass is 31.2. The quantitative estimate of drug-likeness (QED) is 0.0386. The second-order valence-electron chi connectivity index (χ2n) is 12.2. The number of allylic oxidation sites excluding steroid dienone is 2. The largest absolute Gasteiger partial charge is 0.774 e. The molecule has 3 atom stereocenters. The normalized spacial score (nSPS) is 15.6. The van der Waals surface area contributed by atoms with Crippen LogP contribution in [0.2, 0.25) is 0 Å².